The van der Waals surface area contributed by atoms with Crippen molar-refractivity contribution >= 4 is 11.5 Å². The summed E-state index contributed by atoms with van der Waals surface area (Å²) in [7, 11) is 0. The van der Waals surface area contributed by atoms with Crippen molar-refractivity contribution in [1.29, 1.82) is 5.26 Å². The third-order valence-corrected chi connectivity index (χ3v) is 2.29. The van der Waals surface area contributed by atoms with Gasteiger partial charge >= 0.3 is 5.69 Å². The summed E-state index contributed by atoms with van der Waals surface area (Å²) in [4.78, 5) is 13.9. The highest BCUT2D eigenvalue weighted by molar-refractivity contribution is 5.50. The van der Waals surface area contributed by atoms with Crippen molar-refractivity contribution in [3.63, 3.8) is 0 Å². The summed E-state index contributed by atoms with van der Waals surface area (Å²) >= 11 is 0. The summed E-state index contributed by atoms with van der Waals surface area (Å²) in [5.41, 5.74) is -0.587. The van der Waals surface area contributed by atoms with Crippen LogP contribution in [-0.4, -0.2) is 30.5 Å². The Morgan fingerprint density at radius 3 is 2.95 bits per heavy atom. The number of aromatic amines is 1. The van der Waals surface area contributed by atoms with Crippen molar-refractivity contribution in [1.82, 2.24) is 25.6 Å². The molecule has 0 radical (unpaired) electrons. The monoisotopic (exact) mass is 260 g/mol. The van der Waals surface area contributed by atoms with Crippen LogP contribution in [0.2, 0.25) is 0 Å². The van der Waals surface area contributed by atoms with Gasteiger partial charge in [0.2, 0.25) is 5.69 Å². The lowest BCUT2D eigenvalue weighted by Crippen LogP contribution is -2.10. The van der Waals surface area contributed by atoms with Gasteiger partial charge in [0.1, 0.15) is 11.9 Å². The van der Waals surface area contributed by atoms with Crippen LogP contribution in [0.5, 0.6) is 0 Å². The molecule has 2 heterocycles. The van der Waals surface area contributed by atoms with E-state index < -0.39 is 4.92 Å². The molecule has 2 N–H and O–H groups in total. The van der Waals surface area contributed by atoms with E-state index in [0.717, 1.165) is 0 Å². The van der Waals surface area contributed by atoms with E-state index in [0.29, 0.717) is 11.6 Å². The lowest BCUT2D eigenvalue weighted by Gasteiger charge is -2.10. The number of hydrogen-bond donors (Lipinski definition) is 2. The van der Waals surface area contributed by atoms with Gasteiger partial charge < -0.3 is 5.32 Å². The molecule has 0 spiro atoms. The third-order valence-electron chi connectivity index (χ3n) is 2.29. The van der Waals surface area contributed by atoms with Crippen molar-refractivity contribution in [3.05, 3.63) is 33.8 Å². The van der Waals surface area contributed by atoms with Gasteiger partial charge in [0.05, 0.1) is 11.0 Å². The Labute approximate surface area is 106 Å². The first-order valence-corrected chi connectivity index (χ1v) is 5.17. The third kappa shape index (κ3) is 2.60. The van der Waals surface area contributed by atoms with E-state index in [9.17, 15) is 10.1 Å². The molecule has 0 aromatic carbocycles. The van der Waals surface area contributed by atoms with Crippen LogP contribution in [0.4, 0.5) is 11.5 Å². The zero-order valence-electron chi connectivity index (χ0n) is 9.73. The molecule has 0 aliphatic rings. The molecule has 0 saturated carbocycles. The summed E-state index contributed by atoms with van der Waals surface area (Å²) in [6.45, 7) is 1.76. The largest absolute Gasteiger partial charge is 0.360 e. The maximum absolute atomic E-state index is 10.7. The molecule has 0 fully saturated rings. The van der Waals surface area contributed by atoms with Crippen LogP contribution in [0.1, 0.15) is 24.5 Å². The Balaban J connectivity index is 2.23. The molecule has 10 heteroatoms. The van der Waals surface area contributed by atoms with Gasteiger partial charge in [0, 0.05) is 6.07 Å². The predicted octanol–water partition coefficient (Wildman–Crippen LogP) is 0.548. The van der Waals surface area contributed by atoms with Crippen molar-refractivity contribution < 1.29 is 4.92 Å². The summed E-state index contributed by atoms with van der Waals surface area (Å²) in [6, 6.07) is 4.01. The lowest BCUT2D eigenvalue weighted by atomic mass is 10.3. The minimum Gasteiger partial charge on any atom is -0.360 e. The molecule has 19 heavy (non-hydrogen) atoms. The van der Waals surface area contributed by atoms with Crippen molar-refractivity contribution in [3.8, 4) is 6.07 Å². The molecule has 10 nitrogen and oxygen atoms in total. The van der Waals surface area contributed by atoms with E-state index >= 15 is 0 Å². The molecule has 1 atom stereocenters. The second-order valence-electron chi connectivity index (χ2n) is 3.57. The molecule has 2 aromatic heterocycles. The highest BCUT2D eigenvalue weighted by Gasteiger charge is 2.17. The molecular formula is C9H8N8O2. The highest BCUT2D eigenvalue weighted by atomic mass is 16.6. The standard InChI is InChI=1S/C9H8N8O2/c1-5(9-13-15-16-14-9)11-8-3-2-7(17(18)19)6(4-10)12-8/h2-3,5H,1H3,(H,11,12)(H,13,14,15,16). The highest BCUT2D eigenvalue weighted by Crippen LogP contribution is 2.20. The smallest absolute Gasteiger partial charge is 0.305 e. The molecule has 96 valence electrons. The Morgan fingerprint density at radius 1 is 1.58 bits per heavy atom. The molecule has 0 bridgehead atoms. The van der Waals surface area contributed by atoms with E-state index in [4.69, 9.17) is 5.26 Å². The van der Waals surface area contributed by atoms with E-state index in [-0.39, 0.29) is 17.4 Å². The number of nitriles is 1. The van der Waals surface area contributed by atoms with E-state index in [2.05, 4.69) is 30.9 Å². The molecule has 1 unspecified atom stereocenters. The van der Waals surface area contributed by atoms with Gasteiger partial charge in [-0.1, -0.05) is 5.21 Å². The van der Waals surface area contributed by atoms with Crippen molar-refractivity contribution in [2.45, 2.75) is 13.0 Å². The number of pyridine rings is 1. The quantitative estimate of drug-likeness (QED) is 0.598. The summed E-state index contributed by atoms with van der Waals surface area (Å²) in [6.07, 6.45) is 0. The number of nitrogens with one attached hydrogen (secondary N) is 2. The van der Waals surface area contributed by atoms with Crippen LogP contribution in [0.25, 0.3) is 0 Å². The summed E-state index contributed by atoms with van der Waals surface area (Å²) in [5.74, 6) is 0.734. The van der Waals surface area contributed by atoms with Crippen molar-refractivity contribution in [2.75, 3.05) is 5.32 Å². The topological polar surface area (TPSA) is 146 Å². The Bertz CT molecular complexity index is 632. The molecule has 0 aliphatic carbocycles. The Hall–Kier alpha value is -3.09. The number of anilines is 1. The van der Waals surface area contributed by atoms with Gasteiger partial charge in [0.15, 0.2) is 5.82 Å². The number of rotatable bonds is 4. The fraction of sp³-hybridized carbons (Fsp3) is 0.222. The summed E-state index contributed by atoms with van der Waals surface area (Å²) in [5, 5.41) is 35.7. The predicted molar refractivity (Wildman–Crippen MR) is 61.8 cm³/mol. The Kier molecular flexibility index (Phi) is 3.29. The van der Waals surface area contributed by atoms with Crippen LogP contribution < -0.4 is 5.32 Å². The van der Waals surface area contributed by atoms with Gasteiger partial charge in [0.25, 0.3) is 0 Å². The van der Waals surface area contributed by atoms with Crippen LogP contribution in [0.3, 0.4) is 0 Å². The zero-order valence-corrected chi connectivity index (χ0v) is 9.73. The molecule has 0 amide bonds. The number of aromatic nitrogens is 5. The van der Waals surface area contributed by atoms with E-state index in [1.807, 2.05) is 0 Å². The second-order valence-corrected chi connectivity index (χ2v) is 3.57. The molecule has 0 aliphatic heterocycles. The van der Waals surface area contributed by atoms with Crippen LogP contribution in [-0.2, 0) is 0 Å². The van der Waals surface area contributed by atoms with Crippen molar-refractivity contribution in [2.24, 2.45) is 0 Å². The fourth-order valence-corrected chi connectivity index (χ4v) is 1.40. The van der Waals surface area contributed by atoms with Gasteiger partial charge in [-0.25, -0.2) is 4.98 Å². The number of nitro groups is 1. The van der Waals surface area contributed by atoms with Crippen LogP contribution >= 0.6 is 0 Å². The number of tetrazole rings is 1. The van der Waals surface area contributed by atoms with E-state index in [1.165, 1.54) is 12.1 Å². The van der Waals surface area contributed by atoms with Gasteiger partial charge in [-0.2, -0.15) is 10.5 Å². The van der Waals surface area contributed by atoms with E-state index in [1.54, 1.807) is 13.0 Å². The average molecular weight is 260 g/mol. The number of hydrogen-bond acceptors (Lipinski definition) is 8. The normalized spacial score (nSPS) is 11.6. The Morgan fingerprint density at radius 2 is 2.37 bits per heavy atom. The molecule has 2 rings (SSSR count). The van der Waals surface area contributed by atoms with Crippen LogP contribution in [0.15, 0.2) is 12.1 Å². The lowest BCUT2D eigenvalue weighted by molar-refractivity contribution is -0.385. The first-order valence-electron chi connectivity index (χ1n) is 5.17. The van der Waals surface area contributed by atoms with Gasteiger partial charge in [-0.15, -0.1) is 10.2 Å². The van der Waals surface area contributed by atoms with Gasteiger partial charge in [-0.05, 0) is 13.0 Å². The number of H-pyrrole nitrogens is 1. The average Bonchev–Trinajstić information content (AvgIpc) is 2.92. The van der Waals surface area contributed by atoms with Crippen LogP contribution in [0, 0.1) is 21.4 Å². The zero-order chi connectivity index (χ0) is 13.8. The molecular weight excluding hydrogens is 252 g/mol. The second kappa shape index (κ2) is 5.05. The summed E-state index contributed by atoms with van der Waals surface area (Å²) < 4.78 is 0. The first kappa shape index (κ1) is 12.4. The molecule has 2 aromatic rings. The SMILES string of the molecule is CC(Nc1ccc([N+](=O)[O-])c(C#N)n1)c1nn[nH]n1. The maximum Gasteiger partial charge on any atom is 0.305 e. The number of nitrogens with zero attached hydrogens (tertiary/aromatic N) is 6. The van der Waals surface area contributed by atoms with Gasteiger partial charge in [-0.3, -0.25) is 10.1 Å². The first-order chi connectivity index (χ1) is 9.11. The molecule has 0 saturated heterocycles. The fourth-order valence-electron chi connectivity index (χ4n) is 1.40. The minimum atomic E-state index is -0.655. The maximum atomic E-state index is 10.7. The minimum absolute atomic E-state index is 0.254.